The quantitative estimate of drug-likeness (QED) is 0.525. The van der Waals surface area contributed by atoms with Crippen molar-refractivity contribution in [3.05, 3.63) is 11.6 Å². The molecule has 0 aromatic rings. The van der Waals surface area contributed by atoms with Crippen molar-refractivity contribution in [1.82, 2.24) is 0 Å². The molecule has 9 atom stereocenters. The number of fused-ring (bicyclic) bond motifs is 5. The number of hydrogen-bond acceptors (Lipinski definition) is 2. The lowest BCUT2D eigenvalue weighted by atomic mass is 9.46. The van der Waals surface area contributed by atoms with Gasteiger partial charge in [0.1, 0.15) is 0 Å². The Hall–Kier alpha value is -0.340. The van der Waals surface area contributed by atoms with Crippen LogP contribution in [0.5, 0.6) is 0 Å². The molecular formula is C27H46O2. The van der Waals surface area contributed by atoms with Gasteiger partial charge in [0.2, 0.25) is 0 Å². The summed E-state index contributed by atoms with van der Waals surface area (Å²) in [5, 5.41) is 21.5. The van der Waals surface area contributed by atoms with Gasteiger partial charge in [0.05, 0.1) is 12.2 Å². The van der Waals surface area contributed by atoms with Gasteiger partial charge in [0, 0.05) is 0 Å². The summed E-state index contributed by atoms with van der Waals surface area (Å²) in [5.74, 6) is 4.18. The molecule has 0 bridgehead atoms. The Morgan fingerprint density at radius 1 is 0.966 bits per heavy atom. The van der Waals surface area contributed by atoms with Gasteiger partial charge in [0.15, 0.2) is 0 Å². The lowest BCUT2D eigenvalue weighted by molar-refractivity contribution is -0.0970. The molecule has 4 aliphatic rings. The first-order chi connectivity index (χ1) is 13.7. The van der Waals surface area contributed by atoms with E-state index in [2.05, 4.69) is 40.7 Å². The largest absolute Gasteiger partial charge is 0.393 e. The molecule has 0 aromatic heterocycles. The third-order valence-corrected chi connectivity index (χ3v) is 10.3. The van der Waals surface area contributed by atoms with Gasteiger partial charge in [-0.25, -0.2) is 0 Å². The minimum Gasteiger partial charge on any atom is -0.393 e. The second-order valence-electron chi connectivity index (χ2n) is 12.3. The van der Waals surface area contributed by atoms with Crippen LogP contribution >= 0.6 is 0 Å². The van der Waals surface area contributed by atoms with Gasteiger partial charge in [-0.15, -0.1) is 0 Å². The first kappa shape index (κ1) is 21.9. The summed E-state index contributed by atoms with van der Waals surface area (Å²) in [6.45, 7) is 12.2. The molecule has 3 saturated carbocycles. The molecule has 2 N–H and O–H groups in total. The zero-order valence-electron chi connectivity index (χ0n) is 19.7. The van der Waals surface area contributed by atoms with Crippen molar-refractivity contribution >= 4 is 0 Å². The molecule has 0 radical (unpaired) electrons. The van der Waals surface area contributed by atoms with Gasteiger partial charge >= 0.3 is 0 Å². The number of hydrogen-bond donors (Lipinski definition) is 2. The maximum atomic E-state index is 11.3. The molecule has 2 heteroatoms. The van der Waals surface area contributed by atoms with E-state index in [1.54, 1.807) is 0 Å². The highest BCUT2D eigenvalue weighted by Gasteiger charge is 2.61. The lowest BCUT2D eigenvalue weighted by Crippen LogP contribution is -2.54. The van der Waals surface area contributed by atoms with E-state index >= 15 is 0 Å². The number of aliphatic hydroxyl groups excluding tert-OH is 2. The topological polar surface area (TPSA) is 40.5 Å². The molecule has 0 amide bonds. The van der Waals surface area contributed by atoms with Gasteiger partial charge in [-0.3, -0.25) is 0 Å². The van der Waals surface area contributed by atoms with Crippen LogP contribution in [0.15, 0.2) is 11.6 Å². The molecule has 4 unspecified atom stereocenters. The van der Waals surface area contributed by atoms with Crippen molar-refractivity contribution in [2.75, 3.05) is 0 Å². The maximum Gasteiger partial charge on any atom is 0.0757 e. The standard InChI is InChI=1S/C27H46O2/c1-17(2)7-6-8-18(3)21-9-10-22-25-23(12-14-27(21,22)5)26(4)13-11-20(28)15-19(26)16-24(25)29/h16-18,20-25,28-29H,6-15H2,1-5H3/t18?,20-,21+,22?,23?,24-,25?,26-,27+/m0/s1. The van der Waals surface area contributed by atoms with Gasteiger partial charge in [0.25, 0.3) is 0 Å². The van der Waals surface area contributed by atoms with E-state index in [1.165, 1.54) is 50.5 Å². The predicted molar refractivity (Wildman–Crippen MR) is 120 cm³/mol. The Kier molecular flexibility index (Phi) is 6.01. The van der Waals surface area contributed by atoms with Crippen LogP contribution in [0.25, 0.3) is 0 Å². The Morgan fingerprint density at radius 2 is 1.72 bits per heavy atom. The normalized spacial score (nSPS) is 47.9. The van der Waals surface area contributed by atoms with Crippen LogP contribution in [0.1, 0.15) is 98.8 Å². The van der Waals surface area contributed by atoms with Crippen molar-refractivity contribution in [3.63, 3.8) is 0 Å². The third-order valence-electron chi connectivity index (χ3n) is 10.3. The highest BCUT2D eigenvalue weighted by molar-refractivity contribution is 5.27. The zero-order valence-corrected chi connectivity index (χ0v) is 19.7. The molecule has 4 aliphatic carbocycles. The van der Waals surface area contributed by atoms with Crippen molar-refractivity contribution in [1.29, 1.82) is 0 Å². The second-order valence-corrected chi connectivity index (χ2v) is 12.3. The van der Waals surface area contributed by atoms with Crippen LogP contribution in [0, 0.1) is 46.3 Å². The van der Waals surface area contributed by atoms with Crippen molar-refractivity contribution in [3.8, 4) is 0 Å². The fourth-order valence-electron chi connectivity index (χ4n) is 8.65. The molecule has 0 spiro atoms. The fourth-order valence-corrected chi connectivity index (χ4v) is 8.65. The lowest BCUT2D eigenvalue weighted by Gasteiger charge is -2.59. The SMILES string of the molecule is CC(C)CCCC(C)[C@H]1CCC2C3C(CC[C@@]21C)[C@@]1(C)CC[C@H](O)CC1=C[C@@H]3O. The minimum absolute atomic E-state index is 0.200. The summed E-state index contributed by atoms with van der Waals surface area (Å²) < 4.78 is 0. The highest BCUT2D eigenvalue weighted by atomic mass is 16.3. The van der Waals surface area contributed by atoms with E-state index in [0.717, 1.165) is 37.0 Å². The molecule has 0 aromatic carbocycles. The van der Waals surface area contributed by atoms with E-state index in [0.29, 0.717) is 23.2 Å². The minimum atomic E-state index is -0.298. The fraction of sp³-hybridized carbons (Fsp3) is 0.926. The summed E-state index contributed by atoms with van der Waals surface area (Å²) in [5.41, 5.74) is 1.99. The molecule has 2 nitrogen and oxygen atoms in total. The molecule has 0 aliphatic heterocycles. The highest BCUT2D eigenvalue weighted by Crippen LogP contribution is 2.67. The maximum absolute atomic E-state index is 11.3. The van der Waals surface area contributed by atoms with Crippen molar-refractivity contribution < 1.29 is 10.2 Å². The van der Waals surface area contributed by atoms with Crippen LogP contribution in [0.4, 0.5) is 0 Å². The first-order valence-electron chi connectivity index (χ1n) is 12.7. The van der Waals surface area contributed by atoms with Crippen LogP contribution in [0.2, 0.25) is 0 Å². The van der Waals surface area contributed by atoms with Crippen LogP contribution in [0.3, 0.4) is 0 Å². The molecule has 3 fully saturated rings. The smallest absolute Gasteiger partial charge is 0.0757 e. The average Bonchev–Trinajstić information content (AvgIpc) is 3.00. The Labute approximate surface area is 179 Å². The van der Waals surface area contributed by atoms with Gasteiger partial charge in [-0.05, 0) is 91.3 Å². The average molecular weight is 403 g/mol. The van der Waals surface area contributed by atoms with Crippen LogP contribution in [-0.4, -0.2) is 22.4 Å². The number of rotatable bonds is 5. The van der Waals surface area contributed by atoms with Crippen molar-refractivity contribution in [2.24, 2.45) is 46.3 Å². The van der Waals surface area contributed by atoms with Crippen LogP contribution < -0.4 is 0 Å². The Bertz CT molecular complexity index is 624. The first-order valence-corrected chi connectivity index (χ1v) is 12.7. The van der Waals surface area contributed by atoms with Gasteiger partial charge in [-0.2, -0.15) is 0 Å². The second kappa shape index (κ2) is 7.97. The zero-order chi connectivity index (χ0) is 21.0. The van der Waals surface area contributed by atoms with Gasteiger partial charge in [-0.1, -0.05) is 65.5 Å². The molecule has 29 heavy (non-hydrogen) atoms. The Balaban J connectivity index is 1.54. The molecular weight excluding hydrogens is 356 g/mol. The molecule has 166 valence electrons. The Morgan fingerprint density at radius 3 is 2.45 bits per heavy atom. The van der Waals surface area contributed by atoms with Gasteiger partial charge < -0.3 is 10.2 Å². The van der Waals surface area contributed by atoms with E-state index < -0.39 is 0 Å². The monoisotopic (exact) mass is 402 g/mol. The predicted octanol–water partition coefficient (Wildman–Crippen LogP) is 6.36. The van der Waals surface area contributed by atoms with E-state index in [1.807, 2.05) is 0 Å². The summed E-state index contributed by atoms with van der Waals surface area (Å²) in [7, 11) is 0. The van der Waals surface area contributed by atoms with E-state index in [9.17, 15) is 10.2 Å². The molecule has 0 saturated heterocycles. The molecule has 4 rings (SSSR count). The van der Waals surface area contributed by atoms with Crippen molar-refractivity contribution in [2.45, 2.75) is 111 Å². The summed E-state index contributed by atoms with van der Waals surface area (Å²) >= 11 is 0. The summed E-state index contributed by atoms with van der Waals surface area (Å²) in [6.07, 6.45) is 13.9. The van der Waals surface area contributed by atoms with E-state index in [4.69, 9.17) is 0 Å². The van der Waals surface area contributed by atoms with Crippen LogP contribution in [-0.2, 0) is 0 Å². The van der Waals surface area contributed by atoms with E-state index in [-0.39, 0.29) is 17.6 Å². The third kappa shape index (κ3) is 3.65. The number of aliphatic hydroxyl groups is 2. The molecule has 0 heterocycles. The summed E-state index contributed by atoms with van der Waals surface area (Å²) in [6, 6.07) is 0. The summed E-state index contributed by atoms with van der Waals surface area (Å²) in [4.78, 5) is 0.